The molecule has 1 aliphatic rings. The quantitative estimate of drug-likeness (QED) is 0.283. The van der Waals surface area contributed by atoms with Gasteiger partial charge in [0, 0.05) is 27.1 Å². The third kappa shape index (κ3) is 4.49. The van der Waals surface area contributed by atoms with E-state index in [1.165, 1.54) is 4.90 Å². The maximum absolute atomic E-state index is 12.8. The van der Waals surface area contributed by atoms with Gasteiger partial charge >= 0.3 is 0 Å². The van der Waals surface area contributed by atoms with Crippen molar-refractivity contribution in [1.82, 2.24) is 0 Å². The van der Waals surface area contributed by atoms with Crippen LogP contribution in [0.3, 0.4) is 0 Å². The number of morpholine rings is 1. The number of anilines is 2. The highest BCUT2D eigenvalue weighted by Gasteiger charge is 2.39. The molecule has 1 fully saturated rings. The molecule has 2 aromatic rings. The molecule has 0 aromatic heterocycles. The van der Waals surface area contributed by atoms with Gasteiger partial charge in [0.2, 0.25) is 0 Å². The second kappa shape index (κ2) is 8.67. The molecule has 0 saturated carbocycles. The van der Waals surface area contributed by atoms with Crippen molar-refractivity contribution in [3.05, 3.63) is 57.7 Å². The zero-order chi connectivity index (χ0) is 20.3. The number of nitrogens with two attached hydrogens (primary N) is 1. The number of hydrogen-bond acceptors (Lipinski definition) is 5. The Morgan fingerprint density at radius 1 is 1.25 bits per heavy atom. The van der Waals surface area contributed by atoms with Crippen LogP contribution in [0.2, 0.25) is 0 Å². The Hall–Kier alpha value is -2.50. The average Bonchev–Trinajstić information content (AvgIpc) is 2.69. The van der Waals surface area contributed by atoms with E-state index >= 15 is 0 Å². The number of amides is 2. The molecular formula is C19H19IN4O4. The van der Waals surface area contributed by atoms with Crippen LogP contribution >= 0.6 is 22.6 Å². The molecule has 0 bridgehead atoms. The van der Waals surface area contributed by atoms with Crippen molar-refractivity contribution in [3.8, 4) is 0 Å². The standard InChI is InChI=1S/C19H19IN4O4/c20-12-3-7-14(8-4-12)24-9-10-28-16(19(24)27)15(25)18(26)23-13-5-1-11(2-6-13)17(21)22/h1-8,15-16,25H,9-10H2,(H3,21,22)(H,23,26)/t15?,16-/m1/s1. The third-order valence-corrected chi connectivity index (χ3v) is 5.00. The van der Waals surface area contributed by atoms with Crippen LogP contribution < -0.4 is 16.0 Å². The van der Waals surface area contributed by atoms with Gasteiger partial charge in [-0.25, -0.2) is 0 Å². The van der Waals surface area contributed by atoms with E-state index in [0.717, 1.165) is 3.57 Å². The third-order valence-electron chi connectivity index (χ3n) is 4.28. The predicted octanol–water partition coefficient (Wildman–Crippen LogP) is 1.31. The van der Waals surface area contributed by atoms with Crippen molar-refractivity contribution in [2.75, 3.05) is 23.4 Å². The minimum Gasteiger partial charge on any atom is -0.384 e. The van der Waals surface area contributed by atoms with Crippen LogP contribution in [0.25, 0.3) is 0 Å². The lowest BCUT2D eigenvalue weighted by Crippen LogP contribution is -2.55. The lowest BCUT2D eigenvalue weighted by molar-refractivity contribution is -0.150. The Bertz CT molecular complexity index is 886. The summed E-state index contributed by atoms with van der Waals surface area (Å²) in [7, 11) is 0. The number of aliphatic hydroxyl groups is 1. The molecule has 146 valence electrons. The zero-order valence-corrected chi connectivity index (χ0v) is 16.9. The Morgan fingerprint density at radius 2 is 1.89 bits per heavy atom. The number of amidine groups is 1. The molecule has 1 unspecified atom stereocenters. The van der Waals surface area contributed by atoms with Gasteiger partial charge < -0.3 is 25.8 Å². The largest absolute Gasteiger partial charge is 0.384 e. The van der Waals surface area contributed by atoms with Gasteiger partial charge in [-0.15, -0.1) is 0 Å². The first-order valence-corrected chi connectivity index (χ1v) is 9.56. The predicted molar refractivity (Wildman–Crippen MR) is 113 cm³/mol. The molecule has 0 aliphatic carbocycles. The number of rotatable bonds is 5. The summed E-state index contributed by atoms with van der Waals surface area (Å²) >= 11 is 2.17. The number of aliphatic hydroxyl groups excluding tert-OH is 1. The molecule has 2 atom stereocenters. The fraction of sp³-hybridized carbons (Fsp3) is 0.211. The fourth-order valence-electron chi connectivity index (χ4n) is 2.80. The van der Waals surface area contributed by atoms with Crippen molar-refractivity contribution >= 4 is 51.6 Å². The lowest BCUT2D eigenvalue weighted by atomic mass is 10.1. The number of carbonyl (C=O) groups excluding carboxylic acids is 2. The number of nitrogens with one attached hydrogen (secondary N) is 2. The maximum atomic E-state index is 12.8. The van der Waals surface area contributed by atoms with Gasteiger partial charge in [0.25, 0.3) is 11.8 Å². The Balaban J connectivity index is 1.69. The zero-order valence-electron chi connectivity index (χ0n) is 14.8. The van der Waals surface area contributed by atoms with Gasteiger partial charge in [0.15, 0.2) is 12.2 Å². The summed E-state index contributed by atoms with van der Waals surface area (Å²) in [6.45, 7) is 0.552. The summed E-state index contributed by atoms with van der Waals surface area (Å²) in [5.41, 5.74) is 7.00. The first-order chi connectivity index (χ1) is 13.4. The van der Waals surface area contributed by atoms with Gasteiger partial charge in [-0.1, -0.05) is 0 Å². The number of nitrogen functional groups attached to an aromatic ring is 1. The topological polar surface area (TPSA) is 129 Å². The van der Waals surface area contributed by atoms with Crippen molar-refractivity contribution in [2.24, 2.45) is 5.73 Å². The Kier molecular flexibility index (Phi) is 6.27. The highest BCUT2D eigenvalue weighted by molar-refractivity contribution is 14.1. The van der Waals surface area contributed by atoms with Gasteiger partial charge in [0.1, 0.15) is 5.84 Å². The van der Waals surface area contributed by atoms with Gasteiger partial charge in [-0.3, -0.25) is 15.0 Å². The number of hydrogen-bond donors (Lipinski definition) is 4. The highest BCUT2D eigenvalue weighted by atomic mass is 127. The van der Waals surface area contributed by atoms with Gasteiger partial charge in [-0.2, -0.15) is 0 Å². The minimum absolute atomic E-state index is 0.0881. The van der Waals surface area contributed by atoms with Crippen LogP contribution in [0.1, 0.15) is 5.56 Å². The molecule has 1 aliphatic heterocycles. The summed E-state index contributed by atoms with van der Waals surface area (Å²) in [5.74, 6) is -1.31. The van der Waals surface area contributed by atoms with E-state index in [4.69, 9.17) is 15.9 Å². The molecule has 2 aromatic carbocycles. The number of ether oxygens (including phenoxy) is 1. The molecular weight excluding hydrogens is 475 g/mol. The van der Waals surface area contributed by atoms with E-state index in [1.54, 1.807) is 24.3 Å². The molecule has 28 heavy (non-hydrogen) atoms. The second-order valence-corrected chi connectivity index (χ2v) is 7.43. The van der Waals surface area contributed by atoms with Crippen LogP contribution in [0.5, 0.6) is 0 Å². The Labute approximate surface area is 175 Å². The molecule has 0 radical (unpaired) electrons. The minimum atomic E-state index is -1.66. The van der Waals surface area contributed by atoms with Crippen molar-refractivity contribution in [3.63, 3.8) is 0 Å². The van der Waals surface area contributed by atoms with E-state index in [0.29, 0.717) is 23.5 Å². The molecule has 5 N–H and O–H groups in total. The summed E-state index contributed by atoms with van der Waals surface area (Å²) < 4.78 is 6.42. The first kappa shape index (κ1) is 20.2. The normalized spacial score (nSPS) is 17.9. The number of nitrogens with zero attached hydrogens (tertiary/aromatic N) is 1. The number of benzene rings is 2. The lowest BCUT2D eigenvalue weighted by Gasteiger charge is -2.34. The summed E-state index contributed by atoms with van der Waals surface area (Å²) in [4.78, 5) is 26.6. The van der Waals surface area contributed by atoms with Crippen molar-refractivity contribution in [2.45, 2.75) is 12.2 Å². The van der Waals surface area contributed by atoms with Crippen LogP contribution in [-0.2, 0) is 14.3 Å². The van der Waals surface area contributed by atoms with Gasteiger partial charge in [-0.05, 0) is 71.1 Å². The number of halogens is 1. The second-order valence-electron chi connectivity index (χ2n) is 6.18. The molecule has 9 heteroatoms. The monoisotopic (exact) mass is 494 g/mol. The van der Waals surface area contributed by atoms with Crippen LogP contribution in [0.15, 0.2) is 48.5 Å². The van der Waals surface area contributed by atoms with Crippen molar-refractivity contribution in [1.29, 1.82) is 5.41 Å². The average molecular weight is 494 g/mol. The molecule has 0 spiro atoms. The van der Waals surface area contributed by atoms with Gasteiger partial charge in [0.05, 0.1) is 6.61 Å². The van der Waals surface area contributed by atoms with E-state index in [-0.39, 0.29) is 12.4 Å². The molecule has 1 heterocycles. The van der Waals surface area contributed by atoms with Crippen LogP contribution in [0.4, 0.5) is 11.4 Å². The maximum Gasteiger partial charge on any atom is 0.259 e. The van der Waals surface area contributed by atoms with E-state index in [2.05, 4.69) is 27.9 Å². The van der Waals surface area contributed by atoms with E-state index in [1.807, 2.05) is 24.3 Å². The molecule has 1 saturated heterocycles. The summed E-state index contributed by atoms with van der Waals surface area (Å²) in [5, 5.41) is 20.3. The van der Waals surface area contributed by atoms with E-state index in [9.17, 15) is 14.7 Å². The molecule has 8 nitrogen and oxygen atoms in total. The highest BCUT2D eigenvalue weighted by Crippen LogP contribution is 2.22. The SMILES string of the molecule is N=C(N)c1ccc(NC(=O)C(O)[C@H]2OCCN(c3ccc(I)cc3)C2=O)cc1. The van der Waals surface area contributed by atoms with Crippen molar-refractivity contribution < 1.29 is 19.4 Å². The molecule has 3 rings (SSSR count). The Morgan fingerprint density at radius 3 is 2.50 bits per heavy atom. The molecule has 2 amide bonds. The van der Waals surface area contributed by atoms with E-state index < -0.39 is 24.0 Å². The first-order valence-electron chi connectivity index (χ1n) is 8.49. The number of carbonyl (C=O) groups is 2. The fourth-order valence-corrected chi connectivity index (χ4v) is 3.16. The van der Waals surface area contributed by atoms with Crippen LogP contribution in [-0.4, -0.2) is 48.1 Å². The summed E-state index contributed by atoms with van der Waals surface area (Å²) in [6, 6.07) is 13.6. The summed E-state index contributed by atoms with van der Waals surface area (Å²) in [6.07, 6.45) is -2.95. The van der Waals surface area contributed by atoms with Crippen LogP contribution in [0, 0.1) is 8.98 Å². The smallest absolute Gasteiger partial charge is 0.259 e.